The maximum absolute atomic E-state index is 4.57. The fourth-order valence-corrected chi connectivity index (χ4v) is 2.68. The zero-order valence-corrected chi connectivity index (χ0v) is 9.93. The van der Waals surface area contributed by atoms with Gasteiger partial charge in [0.25, 0.3) is 0 Å². The summed E-state index contributed by atoms with van der Waals surface area (Å²) < 4.78 is 0. The highest BCUT2D eigenvalue weighted by molar-refractivity contribution is 7.15. The molecule has 1 aromatic carbocycles. The van der Waals surface area contributed by atoms with E-state index in [4.69, 9.17) is 0 Å². The minimum atomic E-state index is 0.921. The molecule has 0 unspecified atom stereocenters. The number of hydrogen-bond acceptors (Lipinski definition) is 3. The molecule has 1 N–H and O–H groups in total. The number of imidazole rings is 1. The first kappa shape index (κ1) is 9.54. The number of nitrogens with zero attached hydrogens (tertiary/aromatic N) is 2. The molecule has 0 aliphatic heterocycles. The van der Waals surface area contributed by atoms with Gasteiger partial charge in [-0.15, -0.1) is 11.3 Å². The van der Waals surface area contributed by atoms with E-state index in [0.29, 0.717) is 0 Å². The molecule has 2 heterocycles. The molecule has 0 spiro atoms. The van der Waals surface area contributed by atoms with E-state index < -0.39 is 0 Å². The van der Waals surface area contributed by atoms with Crippen molar-refractivity contribution in [3.05, 3.63) is 35.0 Å². The summed E-state index contributed by atoms with van der Waals surface area (Å²) in [6.07, 6.45) is 0. The Hall–Kier alpha value is -1.68. The van der Waals surface area contributed by atoms with Gasteiger partial charge < -0.3 is 4.98 Å². The first-order chi connectivity index (χ1) is 7.74. The number of aromatic amines is 1. The predicted octanol–water partition coefficient (Wildman–Crippen LogP) is 3.30. The SMILES string of the molecule is Cc1nc(C)c(-c2nc3ccccc3[nH]2)s1. The lowest BCUT2D eigenvalue weighted by molar-refractivity contribution is 1.19. The molecule has 0 amide bonds. The average Bonchev–Trinajstić information content (AvgIpc) is 2.81. The van der Waals surface area contributed by atoms with Crippen LogP contribution >= 0.6 is 11.3 Å². The van der Waals surface area contributed by atoms with Crippen LogP contribution in [0.4, 0.5) is 0 Å². The summed E-state index contributed by atoms with van der Waals surface area (Å²) in [5.41, 5.74) is 3.12. The molecule has 0 saturated carbocycles. The van der Waals surface area contributed by atoms with Gasteiger partial charge in [0.05, 0.1) is 26.6 Å². The van der Waals surface area contributed by atoms with Crippen molar-refractivity contribution >= 4 is 22.4 Å². The van der Waals surface area contributed by atoms with Gasteiger partial charge in [-0.1, -0.05) is 12.1 Å². The van der Waals surface area contributed by atoms with E-state index in [1.165, 1.54) is 0 Å². The normalized spacial score (nSPS) is 11.1. The molecule has 16 heavy (non-hydrogen) atoms. The summed E-state index contributed by atoms with van der Waals surface area (Å²) in [6, 6.07) is 8.06. The number of aromatic nitrogens is 3. The fraction of sp³-hybridized carbons (Fsp3) is 0.167. The van der Waals surface area contributed by atoms with E-state index >= 15 is 0 Å². The third-order valence-electron chi connectivity index (χ3n) is 2.51. The van der Waals surface area contributed by atoms with Crippen molar-refractivity contribution in [1.82, 2.24) is 15.0 Å². The number of rotatable bonds is 1. The second-order valence-electron chi connectivity index (χ2n) is 3.75. The summed E-state index contributed by atoms with van der Waals surface area (Å²) in [6.45, 7) is 4.04. The molecule has 3 rings (SSSR count). The largest absolute Gasteiger partial charge is 0.337 e. The molecular weight excluding hydrogens is 218 g/mol. The standard InChI is InChI=1S/C12H11N3S/c1-7-11(16-8(2)13-7)12-14-9-5-3-4-6-10(9)15-12/h3-6H,1-2H3,(H,14,15). The number of para-hydroxylation sites is 2. The minimum absolute atomic E-state index is 0.921. The number of nitrogens with one attached hydrogen (secondary N) is 1. The van der Waals surface area contributed by atoms with Gasteiger partial charge in [0, 0.05) is 0 Å². The molecule has 2 aromatic heterocycles. The molecule has 0 bridgehead atoms. The number of H-pyrrole nitrogens is 1. The van der Waals surface area contributed by atoms with Crippen LogP contribution in [-0.2, 0) is 0 Å². The van der Waals surface area contributed by atoms with Gasteiger partial charge in [-0.05, 0) is 26.0 Å². The average molecular weight is 229 g/mol. The van der Waals surface area contributed by atoms with Crippen molar-refractivity contribution in [1.29, 1.82) is 0 Å². The topological polar surface area (TPSA) is 41.6 Å². The van der Waals surface area contributed by atoms with Crippen LogP contribution in [0.3, 0.4) is 0 Å². The Kier molecular flexibility index (Phi) is 2.04. The Balaban J connectivity index is 2.22. The lowest BCUT2D eigenvalue weighted by Gasteiger charge is -1.90. The number of benzene rings is 1. The molecule has 3 aromatic rings. The van der Waals surface area contributed by atoms with Gasteiger partial charge in [-0.25, -0.2) is 9.97 Å². The maximum Gasteiger partial charge on any atom is 0.150 e. The Morgan fingerprint density at radius 2 is 1.94 bits per heavy atom. The van der Waals surface area contributed by atoms with E-state index in [9.17, 15) is 0 Å². The second kappa shape index (κ2) is 3.42. The number of aryl methyl sites for hydroxylation is 2. The van der Waals surface area contributed by atoms with E-state index in [2.05, 4.69) is 15.0 Å². The molecule has 3 nitrogen and oxygen atoms in total. The Morgan fingerprint density at radius 1 is 1.12 bits per heavy atom. The van der Waals surface area contributed by atoms with Gasteiger partial charge in [-0.3, -0.25) is 0 Å². The van der Waals surface area contributed by atoms with Gasteiger partial charge in [0.1, 0.15) is 0 Å². The molecule has 0 saturated heterocycles. The zero-order chi connectivity index (χ0) is 11.1. The van der Waals surface area contributed by atoms with E-state index in [1.54, 1.807) is 11.3 Å². The van der Waals surface area contributed by atoms with Crippen LogP contribution in [0.25, 0.3) is 21.7 Å². The van der Waals surface area contributed by atoms with Crippen molar-refractivity contribution in [3.8, 4) is 10.7 Å². The van der Waals surface area contributed by atoms with Crippen molar-refractivity contribution in [2.24, 2.45) is 0 Å². The highest BCUT2D eigenvalue weighted by Gasteiger charge is 2.11. The van der Waals surface area contributed by atoms with Crippen LogP contribution in [-0.4, -0.2) is 15.0 Å². The zero-order valence-electron chi connectivity index (χ0n) is 9.11. The van der Waals surface area contributed by atoms with Gasteiger partial charge >= 0.3 is 0 Å². The monoisotopic (exact) mass is 229 g/mol. The molecular formula is C12H11N3S. The van der Waals surface area contributed by atoms with E-state index in [1.807, 2.05) is 38.1 Å². The highest BCUT2D eigenvalue weighted by Crippen LogP contribution is 2.28. The lowest BCUT2D eigenvalue weighted by atomic mass is 10.3. The number of thiazole rings is 1. The lowest BCUT2D eigenvalue weighted by Crippen LogP contribution is -1.79. The Labute approximate surface area is 97.2 Å². The fourth-order valence-electron chi connectivity index (χ4n) is 1.81. The predicted molar refractivity (Wildman–Crippen MR) is 66.7 cm³/mol. The minimum Gasteiger partial charge on any atom is -0.337 e. The van der Waals surface area contributed by atoms with Gasteiger partial charge in [0.2, 0.25) is 0 Å². The molecule has 0 fully saturated rings. The molecule has 4 heteroatoms. The van der Waals surface area contributed by atoms with E-state index in [-0.39, 0.29) is 0 Å². The van der Waals surface area contributed by atoms with Crippen molar-refractivity contribution in [3.63, 3.8) is 0 Å². The summed E-state index contributed by atoms with van der Waals surface area (Å²) >= 11 is 1.68. The smallest absolute Gasteiger partial charge is 0.150 e. The number of fused-ring (bicyclic) bond motifs is 1. The molecule has 0 aliphatic carbocycles. The van der Waals surface area contributed by atoms with Crippen LogP contribution < -0.4 is 0 Å². The van der Waals surface area contributed by atoms with Crippen LogP contribution in [0.5, 0.6) is 0 Å². The first-order valence-electron chi connectivity index (χ1n) is 5.13. The molecule has 0 radical (unpaired) electrons. The van der Waals surface area contributed by atoms with Crippen LogP contribution in [0, 0.1) is 13.8 Å². The Bertz CT molecular complexity index is 618. The number of hydrogen-bond donors (Lipinski definition) is 1. The van der Waals surface area contributed by atoms with Crippen LogP contribution in [0.2, 0.25) is 0 Å². The highest BCUT2D eigenvalue weighted by atomic mass is 32.1. The quantitative estimate of drug-likeness (QED) is 0.695. The second-order valence-corrected chi connectivity index (χ2v) is 4.95. The maximum atomic E-state index is 4.57. The Morgan fingerprint density at radius 3 is 2.62 bits per heavy atom. The first-order valence-corrected chi connectivity index (χ1v) is 5.95. The van der Waals surface area contributed by atoms with Crippen molar-refractivity contribution < 1.29 is 0 Å². The van der Waals surface area contributed by atoms with Crippen LogP contribution in [0.15, 0.2) is 24.3 Å². The third-order valence-corrected chi connectivity index (χ3v) is 3.59. The summed E-state index contributed by atoms with van der Waals surface area (Å²) in [7, 11) is 0. The van der Waals surface area contributed by atoms with Crippen LogP contribution in [0.1, 0.15) is 10.7 Å². The van der Waals surface area contributed by atoms with Gasteiger partial charge in [0.15, 0.2) is 5.82 Å². The van der Waals surface area contributed by atoms with Crippen molar-refractivity contribution in [2.75, 3.05) is 0 Å². The third kappa shape index (κ3) is 1.42. The molecule has 0 atom stereocenters. The molecule has 80 valence electrons. The van der Waals surface area contributed by atoms with E-state index in [0.717, 1.165) is 32.4 Å². The summed E-state index contributed by atoms with van der Waals surface area (Å²) in [5.74, 6) is 0.921. The molecule has 0 aliphatic rings. The van der Waals surface area contributed by atoms with Gasteiger partial charge in [-0.2, -0.15) is 0 Å². The van der Waals surface area contributed by atoms with Crippen molar-refractivity contribution in [2.45, 2.75) is 13.8 Å². The summed E-state index contributed by atoms with van der Waals surface area (Å²) in [4.78, 5) is 13.4. The summed E-state index contributed by atoms with van der Waals surface area (Å²) in [5, 5.41) is 1.08.